The van der Waals surface area contributed by atoms with E-state index in [1.165, 1.54) is 12.1 Å². The van der Waals surface area contributed by atoms with Crippen molar-refractivity contribution in [1.29, 1.82) is 0 Å². The van der Waals surface area contributed by atoms with Gasteiger partial charge in [0.25, 0.3) is 5.69 Å². The van der Waals surface area contributed by atoms with E-state index in [2.05, 4.69) is 12.2 Å². The summed E-state index contributed by atoms with van der Waals surface area (Å²) < 4.78 is 0. The molecule has 1 amide bonds. The SMILES string of the molecule is CCC1NC(c2ccc([N+](=O)[O-])cc2)N(C2CC2C)C1=O. The average molecular weight is 289 g/mol. The van der Waals surface area contributed by atoms with Crippen LogP contribution >= 0.6 is 0 Å². The summed E-state index contributed by atoms with van der Waals surface area (Å²) >= 11 is 0. The van der Waals surface area contributed by atoms with Crippen molar-refractivity contribution < 1.29 is 9.72 Å². The molecule has 0 spiro atoms. The lowest BCUT2D eigenvalue weighted by molar-refractivity contribution is -0.384. The highest BCUT2D eigenvalue weighted by molar-refractivity contribution is 5.85. The van der Waals surface area contributed by atoms with Crippen molar-refractivity contribution in [3.05, 3.63) is 39.9 Å². The Balaban J connectivity index is 1.88. The Morgan fingerprint density at radius 1 is 1.38 bits per heavy atom. The molecule has 2 fully saturated rings. The molecule has 0 bridgehead atoms. The molecular weight excluding hydrogens is 270 g/mol. The number of amides is 1. The predicted octanol–water partition coefficient (Wildman–Crippen LogP) is 2.21. The molecule has 21 heavy (non-hydrogen) atoms. The van der Waals surface area contributed by atoms with Crippen molar-refractivity contribution in [3.8, 4) is 0 Å². The Bertz CT molecular complexity index is 572. The van der Waals surface area contributed by atoms with Gasteiger partial charge in [-0.05, 0) is 36.5 Å². The van der Waals surface area contributed by atoms with Gasteiger partial charge in [0.2, 0.25) is 5.91 Å². The van der Waals surface area contributed by atoms with Gasteiger partial charge in [-0.1, -0.05) is 13.8 Å². The fourth-order valence-electron chi connectivity index (χ4n) is 3.02. The van der Waals surface area contributed by atoms with E-state index in [-0.39, 0.29) is 23.8 Å². The second-order valence-corrected chi connectivity index (χ2v) is 5.90. The van der Waals surface area contributed by atoms with Crippen LogP contribution in [0.3, 0.4) is 0 Å². The number of nitro benzene ring substituents is 1. The molecule has 1 saturated heterocycles. The van der Waals surface area contributed by atoms with Gasteiger partial charge < -0.3 is 4.90 Å². The smallest absolute Gasteiger partial charge is 0.269 e. The van der Waals surface area contributed by atoms with Crippen molar-refractivity contribution >= 4 is 11.6 Å². The molecule has 112 valence electrons. The van der Waals surface area contributed by atoms with Gasteiger partial charge in [-0.3, -0.25) is 20.2 Å². The molecule has 1 aliphatic heterocycles. The predicted molar refractivity (Wildman–Crippen MR) is 77.5 cm³/mol. The zero-order valence-electron chi connectivity index (χ0n) is 12.2. The molecule has 6 heteroatoms. The van der Waals surface area contributed by atoms with Gasteiger partial charge in [0.1, 0.15) is 6.17 Å². The van der Waals surface area contributed by atoms with Crippen molar-refractivity contribution in [2.75, 3.05) is 0 Å². The molecule has 3 rings (SSSR count). The largest absolute Gasteiger partial charge is 0.318 e. The average Bonchev–Trinajstić information content (AvgIpc) is 3.09. The van der Waals surface area contributed by atoms with Gasteiger partial charge >= 0.3 is 0 Å². The van der Waals surface area contributed by atoms with E-state index < -0.39 is 4.92 Å². The third kappa shape index (κ3) is 2.40. The van der Waals surface area contributed by atoms with Crippen molar-refractivity contribution in [2.24, 2.45) is 5.92 Å². The number of nitro groups is 1. The Morgan fingerprint density at radius 3 is 2.48 bits per heavy atom. The molecule has 1 aromatic carbocycles. The summed E-state index contributed by atoms with van der Waals surface area (Å²) in [7, 11) is 0. The Kier molecular flexibility index (Phi) is 3.41. The molecule has 4 unspecified atom stereocenters. The molecule has 1 aliphatic carbocycles. The van der Waals surface area contributed by atoms with Gasteiger partial charge in [0.15, 0.2) is 0 Å². The van der Waals surface area contributed by atoms with Crippen LogP contribution in [-0.2, 0) is 4.79 Å². The minimum atomic E-state index is -0.410. The normalized spacial score (nSPS) is 31.5. The number of hydrogen-bond donors (Lipinski definition) is 1. The van der Waals surface area contributed by atoms with Crippen LogP contribution in [0.4, 0.5) is 5.69 Å². The Labute approximate surface area is 123 Å². The Hall–Kier alpha value is -1.95. The zero-order chi connectivity index (χ0) is 15.1. The van der Waals surface area contributed by atoms with Crippen LogP contribution in [0.2, 0.25) is 0 Å². The van der Waals surface area contributed by atoms with E-state index >= 15 is 0 Å². The summed E-state index contributed by atoms with van der Waals surface area (Å²) in [5.41, 5.74) is 0.977. The van der Waals surface area contributed by atoms with E-state index in [1.807, 2.05) is 11.8 Å². The molecule has 2 aliphatic rings. The molecule has 1 N–H and O–H groups in total. The van der Waals surface area contributed by atoms with Crippen molar-refractivity contribution in [3.63, 3.8) is 0 Å². The fraction of sp³-hybridized carbons (Fsp3) is 0.533. The third-order valence-corrected chi connectivity index (χ3v) is 4.44. The Morgan fingerprint density at radius 2 is 2.00 bits per heavy atom. The first-order valence-corrected chi connectivity index (χ1v) is 7.35. The molecule has 1 saturated carbocycles. The van der Waals surface area contributed by atoms with Crippen molar-refractivity contribution in [1.82, 2.24) is 10.2 Å². The number of rotatable bonds is 4. The van der Waals surface area contributed by atoms with Gasteiger partial charge in [-0.2, -0.15) is 0 Å². The van der Waals surface area contributed by atoms with Crippen LogP contribution < -0.4 is 5.32 Å². The van der Waals surface area contributed by atoms with Gasteiger partial charge in [0, 0.05) is 18.2 Å². The summed E-state index contributed by atoms with van der Waals surface area (Å²) in [6.07, 6.45) is 1.62. The number of hydrogen-bond acceptors (Lipinski definition) is 4. The lowest BCUT2D eigenvalue weighted by Gasteiger charge is -2.24. The van der Waals surface area contributed by atoms with Crippen LogP contribution in [0.1, 0.15) is 38.4 Å². The van der Waals surface area contributed by atoms with Gasteiger partial charge in [0.05, 0.1) is 11.0 Å². The maximum atomic E-state index is 12.5. The van der Waals surface area contributed by atoms with E-state index in [4.69, 9.17) is 0 Å². The fourth-order valence-corrected chi connectivity index (χ4v) is 3.02. The number of non-ortho nitro benzene ring substituents is 1. The molecule has 1 heterocycles. The highest BCUT2D eigenvalue weighted by Gasteiger charge is 2.49. The second kappa shape index (κ2) is 5.11. The van der Waals surface area contributed by atoms with Crippen molar-refractivity contribution in [2.45, 2.75) is 44.9 Å². The van der Waals surface area contributed by atoms with Crippen LogP contribution in [-0.4, -0.2) is 27.8 Å². The number of carbonyl (C=O) groups excluding carboxylic acids is 1. The number of benzene rings is 1. The van der Waals surface area contributed by atoms with Gasteiger partial charge in [-0.15, -0.1) is 0 Å². The van der Waals surface area contributed by atoms with E-state index in [1.54, 1.807) is 12.1 Å². The minimum Gasteiger partial charge on any atom is -0.318 e. The molecule has 4 atom stereocenters. The summed E-state index contributed by atoms with van der Waals surface area (Å²) in [4.78, 5) is 24.7. The van der Waals surface area contributed by atoms with Gasteiger partial charge in [-0.25, -0.2) is 0 Å². The maximum Gasteiger partial charge on any atom is 0.269 e. The summed E-state index contributed by atoms with van der Waals surface area (Å²) in [5.74, 6) is 0.683. The maximum absolute atomic E-state index is 12.5. The van der Waals surface area contributed by atoms with E-state index in [0.717, 1.165) is 18.4 Å². The minimum absolute atomic E-state index is 0.0708. The second-order valence-electron chi connectivity index (χ2n) is 5.90. The third-order valence-electron chi connectivity index (χ3n) is 4.44. The highest BCUT2D eigenvalue weighted by Crippen LogP contribution is 2.42. The number of nitrogens with one attached hydrogen (secondary N) is 1. The van der Waals surface area contributed by atoms with E-state index in [0.29, 0.717) is 12.0 Å². The molecule has 6 nitrogen and oxygen atoms in total. The lowest BCUT2D eigenvalue weighted by Crippen LogP contribution is -2.33. The highest BCUT2D eigenvalue weighted by atomic mass is 16.6. The standard InChI is InChI=1S/C15H19N3O3/c1-3-12-15(19)17(13-8-9(13)2)14(16-12)10-4-6-11(7-5-10)18(20)21/h4-7,9,12-14,16H,3,8H2,1-2H3. The molecular formula is C15H19N3O3. The zero-order valence-corrected chi connectivity index (χ0v) is 12.2. The lowest BCUT2D eigenvalue weighted by atomic mass is 10.1. The van der Waals surface area contributed by atoms with Crippen LogP contribution in [0, 0.1) is 16.0 Å². The number of nitrogens with zero attached hydrogens (tertiary/aromatic N) is 2. The van der Waals surface area contributed by atoms with E-state index in [9.17, 15) is 14.9 Å². The first-order valence-electron chi connectivity index (χ1n) is 7.35. The topological polar surface area (TPSA) is 75.5 Å². The summed E-state index contributed by atoms with van der Waals surface area (Å²) in [6, 6.07) is 6.60. The first kappa shape index (κ1) is 14.0. The molecule has 0 radical (unpaired) electrons. The van der Waals surface area contributed by atoms with Crippen LogP contribution in [0.25, 0.3) is 0 Å². The molecule has 1 aromatic rings. The summed E-state index contributed by atoms with van der Waals surface area (Å²) in [6.45, 7) is 4.13. The number of carbonyl (C=O) groups is 1. The monoisotopic (exact) mass is 289 g/mol. The van der Waals surface area contributed by atoms with Crippen LogP contribution in [0.15, 0.2) is 24.3 Å². The quantitative estimate of drug-likeness (QED) is 0.681. The molecule has 0 aromatic heterocycles. The van der Waals surface area contributed by atoms with Crippen LogP contribution in [0.5, 0.6) is 0 Å². The summed E-state index contributed by atoms with van der Waals surface area (Å²) in [5, 5.41) is 14.1. The first-order chi connectivity index (χ1) is 10.0.